The van der Waals surface area contributed by atoms with Crippen molar-refractivity contribution in [1.29, 1.82) is 0 Å². The molecule has 3 N–H and O–H groups in total. The highest BCUT2D eigenvalue weighted by atomic mass is 32.1. The van der Waals surface area contributed by atoms with Crippen molar-refractivity contribution < 1.29 is 33.4 Å². The van der Waals surface area contributed by atoms with Crippen molar-refractivity contribution in [2.75, 3.05) is 34.0 Å². The normalized spacial score (nSPS) is 18.6. The first-order valence-electron chi connectivity index (χ1n) is 12.2. The average molecular weight is 547 g/mol. The molecule has 1 aromatic heterocycles. The minimum Gasteiger partial charge on any atom is -0.385 e. The predicted octanol–water partition coefficient (Wildman–Crippen LogP) is 0.803. The Morgan fingerprint density at radius 3 is 2.26 bits per heavy atom. The molecule has 4 atom stereocenters. The van der Waals surface area contributed by atoms with Crippen LogP contribution >= 0.6 is 11.3 Å². The highest BCUT2D eigenvalue weighted by molar-refractivity contribution is 7.13. The van der Waals surface area contributed by atoms with Crippen LogP contribution in [0.3, 0.4) is 0 Å². The van der Waals surface area contributed by atoms with Crippen LogP contribution in [0.4, 0.5) is 0 Å². The second kappa shape index (κ2) is 13.6. The number of aromatic nitrogens is 1. The number of epoxide rings is 1. The van der Waals surface area contributed by atoms with Gasteiger partial charge in [-0.2, -0.15) is 0 Å². The van der Waals surface area contributed by atoms with E-state index in [9.17, 15) is 19.2 Å². The molecule has 1 fully saturated rings. The van der Waals surface area contributed by atoms with Crippen LogP contribution in [0.15, 0.2) is 36.5 Å². The second-order valence-electron chi connectivity index (χ2n) is 9.20. The van der Waals surface area contributed by atoms with Crippen LogP contribution < -0.4 is 16.0 Å². The van der Waals surface area contributed by atoms with Crippen molar-refractivity contribution in [2.45, 2.75) is 50.4 Å². The van der Waals surface area contributed by atoms with E-state index in [0.717, 1.165) is 10.6 Å². The number of hydrogen-bond acceptors (Lipinski definition) is 9. The van der Waals surface area contributed by atoms with Gasteiger partial charge in [-0.1, -0.05) is 30.3 Å². The summed E-state index contributed by atoms with van der Waals surface area (Å²) in [4.78, 5) is 56.7. The number of carbonyl (C=O) groups excluding carboxylic acids is 4. The zero-order valence-electron chi connectivity index (χ0n) is 21.9. The molecule has 1 saturated heterocycles. The summed E-state index contributed by atoms with van der Waals surface area (Å²) < 4.78 is 15.6. The van der Waals surface area contributed by atoms with Crippen molar-refractivity contribution in [2.24, 2.45) is 0 Å². The SMILES string of the molecule is COCC[C@H](NC(=O)c1cnc(C)s1)C(=O)N[C@@H](COC)C(=O)NC(Cc1ccccc1)C(=O)[C@@]1(C)CO1. The van der Waals surface area contributed by atoms with Crippen LogP contribution in [0.2, 0.25) is 0 Å². The van der Waals surface area contributed by atoms with E-state index in [1.165, 1.54) is 31.8 Å². The van der Waals surface area contributed by atoms with Crippen molar-refractivity contribution in [1.82, 2.24) is 20.9 Å². The Bertz CT molecular complexity index is 1120. The van der Waals surface area contributed by atoms with Gasteiger partial charge < -0.3 is 30.2 Å². The first-order valence-corrected chi connectivity index (χ1v) is 13.0. The molecule has 0 saturated carbocycles. The number of aryl methyl sites for hydroxylation is 1. The molecule has 0 spiro atoms. The van der Waals surface area contributed by atoms with Gasteiger partial charge in [-0.15, -0.1) is 11.3 Å². The number of thiazole rings is 1. The lowest BCUT2D eigenvalue weighted by Gasteiger charge is -2.25. The quantitative estimate of drug-likeness (QED) is 0.278. The fraction of sp³-hybridized carbons (Fsp3) is 0.500. The molecule has 0 radical (unpaired) electrons. The number of rotatable bonds is 15. The van der Waals surface area contributed by atoms with E-state index in [-0.39, 0.29) is 38.4 Å². The van der Waals surface area contributed by atoms with Crippen molar-refractivity contribution in [3.05, 3.63) is 52.0 Å². The first-order chi connectivity index (χ1) is 18.2. The van der Waals surface area contributed by atoms with Gasteiger partial charge in [0.1, 0.15) is 22.6 Å². The van der Waals surface area contributed by atoms with Crippen LogP contribution in [0.25, 0.3) is 0 Å². The van der Waals surface area contributed by atoms with Crippen molar-refractivity contribution in [3.8, 4) is 0 Å². The van der Waals surface area contributed by atoms with Gasteiger partial charge in [0.2, 0.25) is 11.8 Å². The molecule has 3 amide bonds. The minimum atomic E-state index is -1.11. The molecule has 12 heteroatoms. The summed E-state index contributed by atoms with van der Waals surface area (Å²) in [5.74, 6) is -1.88. The van der Waals surface area contributed by atoms with E-state index < -0.39 is 41.4 Å². The summed E-state index contributed by atoms with van der Waals surface area (Å²) in [5.41, 5.74) is -0.0829. The third-order valence-corrected chi connectivity index (χ3v) is 6.97. The second-order valence-corrected chi connectivity index (χ2v) is 10.4. The molecule has 38 heavy (non-hydrogen) atoms. The number of ketones is 1. The summed E-state index contributed by atoms with van der Waals surface area (Å²) >= 11 is 1.21. The molecule has 3 rings (SSSR count). The smallest absolute Gasteiger partial charge is 0.263 e. The van der Waals surface area contributed by atoms with Gasteiger partial charge in [0.15, 0.2) is 5.78 Å². The Morgan fingerprint density at radius 1 is 1.03 bits per heavy atom. The summed E-state index contributed by atoms with van der Waals surface area (Å²) in [6, 6.07) is 6.34. The number of nitrogens with zero attached hydrogens (tertiary/aromatic N) is 1. The van der Waals surface area contributed by atoms with Crippen LogP contribution in [0, 0.1) is 6.92 Å². The molecular weight excluding hydrogens is 512 g/mol. The third-order valence-electron chi connectivity index (χ3n) is 6.06. The maximum Gasteiger partial charge on any atom is 0.263 e. The number of methoxy groups -OCH3 is 2. The van der Waals surface area contributed by atoms with E-state index in [1.807, 2.05) is 30.3 Å². The molecule has 2 aromatic rings. The monoisotopic (exact) mass is 546 g/mol. The van der Waals surface area contributed by atoms with Crippen LogP contribution in [-0.4, -0.2) is 86.3 Å². The van der Waals surface area contributed by atoms with Gasteiger partial charge >= 0.3 is 0 Å². The molecule has 1 aliphatic heterocycles. The Kier molecular flexibility index (Phi) is 10.5. The number of ether oxygens (including phenoxy) is 3. The highest BCUT2D eigenvalue weighted by Gasteiger charge is 2.50. The number of carbonyl (C=O) groups is 4. The Hall–Kier alpha value is -3.19. The third kappa shape index (κ3) is 8.15. The summed E-state index contributed by atoms with van der Waals surface area (Å²) in [5, 5.41) is 8.82. The molecule has 11 nitrogen and oxygen atoms in total. The summed E-state index contributed by atoms with van der Waals surface area (Å²) in [6.07, 6.45) is 1.88. The Balaban J connectivity index is 1.71. The zero-order chi connectivity index (χ0) is 27.7. The molecule has 0 bridgehead atoms. The van der Waals surface area contributed by atoms with Crippen molar-refractivity contribution >= 4 is 34.8 Å². The molecule has 1 unspecified atom stereocenters. The topological polar surface area (TPSA) is 148 Å². The zero-order valence-corrected chi connectivity index (χ0v) is 22.8. The molecule has 1 aromatic carbocycles. The fourth-order valence-corrected chi connectivity index (χ4v) is 4.45. The average Bonchev–Trinajstić information content (AvgIpc) is 3.51. The van der Waals surface area contributed by atoms with Gasteiger partial charge in [0.05, 0.1) is 30.5 Å². The number of Topliss-reactive ketones (excluding diaryl/α,β-unsaturated/α-hetero) is 1. The first kappa shape index (κ1) is 29.4. The number of benzene rings is 1. The van der Waals surface area contributed by atoms with E-state index in [2.05, 4.69) is 20.9 Å². The standard InChI is InChI=1S/C26H34N4O7S/c1-16-27-13-21(38-16)25(34)28-18(10-11-35-3)23(32)30-20(14-36-4)24(33)29-19(22(31)26(2)15-37-26)12-17-8-6-5-7-9-17/h5-9,13,18-20H,10-12,14-15H2,1-4H3,(H,28,34)(H,29,33)(H,30,32)/t18-,19?,20-,26+/m0/s1. The van der Waals surface area contributed by atoms with E-state index >= 15 is 0 Å². The Labute approximate surface area is 225 Å². The Morgan fingerprint density at radius 2 is 1.68 bits per heavy atom. The molecule has 1 aliphatic rings. The van der Waals surface area contributed by atoms with Crippen LogP contribution in [-0.2, 0) is 35.0 Å². The predicted molar refractivity (Wildman–Crippen MR) is 140 cm³/mol. The lowest BCUT2D eigenvalue weighted by Crippen LogP contribution is -2.58. The fourth-order valence-electron chi connectivity index (χ4n) is 3.77. The maximum atomic E-state index is 13.3. The number of hydrogen-bond donors (Lipinski definition) is 3. The van der Waals surface area contributed by atoms with Crippen molar-refractivity contribution in [3.63, 3.8) is 0 Å². The van der Waals surface area contributed by atoms with Crippen LogP contribution in [0.1, 0.15) is 33.6 Å². The van der Waals surface area contributed by atoms with E-state index in [0.29, 0.717) is 4.88 Å². The number of nitrogens with one attached hydrogen (secondary N) is 3. The maximum absolute atomic E-state index is 13.3. The van der Waals surface area contributed by atoms with Gasteiger partial charge in [-0.25, -0.2) is 4.98 Å². The van der Waals surface area contributed by atoms with E-state index in [1.54, 1.807) is 13.8 Å². The summed E-state index contributed by atoms with van der Waals surface area (Å²) in [6.45, 7) is 3.80. The lowest BCUT2D eigenvalue weighted by atomic mass is 9.94. The molecular formula is C26H34N4O7S. The van der Waals surface area contributed by atoms with Gasteiger partial charge in [0, 0.05) is 20.8 Å². The van der Waals surface area contributed by atoms with E-state index in [4.69, 9.17) is 14.2 Å². The molecule has 0 aliphatic carbocycles. The molecule has 206 valence electrons. The molecule has 2 heterocycles. The van der Waals surface area contributed by atoms with Gasteiger partial charge in [0.25, 0.3) is 5.91 Å². The van der Waals surface area contributed by atoms with Gasteiger partial charge in [-0.05, 0) is 32.3 Å². The lowest BCUT2D eigenvalue weighted by molar-refractivity contribution is -0.134. The largest absolute Gasteiger partial charge is 0.385 e. The highest BCUT2D eigenvalue weighted by Crippen LogP contribution is 2.29. The number of amides is 3. The van der Waals surface area contributed by atoms with Gasteiger partial charge in [-0.3, -0.25) is 19.2 Å². The summed E-state index contributed by atoms with van der Waals surface area (Å²) in [7, 11) is 2.88. The van der Waals surface area contributed by atoms with Crippen LogP contribution in [0.5, 0.6) is 0 Å². The minimum absolute atomic E-state index is 0.142.